The smallest absolute Gasteiger partial charge is 0.151 e. The minimum absolute atomic E-state index is 0.128. The van der Waals surface area contributed by atoms with Crippen LogP contribution in [0.3, 0.4) is 0 Å². The number of hydrogen-bond acceptors (Lipinski definition) is 2. The van der Waals surface area contributed by atoms with Crippen molar-refractivity contribution in [2.75, 3.05) is 6.26 Å². The first-order valence-corrected chi connectivity index (χ1v) is 7.42. The summed E-state index contributed by atoms with van der Waals surface area (Å²) in [5.74, 6) is -0.495. The lowest BCUT2D eigenvalue weighted by Crippen LogP contribution is -2.00. The number of aryl methyl sites for hydroxylation is 1. The lowest BCUT2D eigenvalue weighted by molar-refractivity contribution is 0.601. The van der Waals surface area contributed by atoms with Gasteiger partial charge in [0.05, 0.1) is 11.3 Å². The molecule has 17 heavy (non-hydrogen) atoms. The van der Waals surface area contributed by atoms with Gasteiger partial charge in [-0.05, 0) is 24.6 Å². The fraction of sp³-hybridized carbons (Fsp3) is 0.333. The quantitative estimate of drug-likeness (QED) is 0.844. The molecule has 0 aliphatic rings. The van der Waals surface area contributed by atoms with Gasteiger partial charge in [0.1, 0.15) is 5.82 Å². The summed E-state index contributed by atoms with van der Waals surface area (Å²) in [6.45, 7) is 2.62. The highest BCUT2D eigenvalue weighted by molar-refractivity contribution is 7.89. The summed E-state index contributed by atoms with van der Waals surface area (Å²) in [6.07, 6.45) is 2.87. The number of hydrogen-bond donors (Lipinski definition) is 0. The second-order valence-corrected chi connectivity index (χ2v) is 6.28. The Kier molecular flexibility index (Phi) is 2.95. The maximum Gasteiger partial charge on any atom is 0.151 e. The third-order valence-corrected chi connectivity index (χ3v) is 3.53. The predicted octanol–water partition coefficient (Wildman–Crippen LogP) is 2.34. The van der Waals surface area contributed by atoms with Crippen molar-refractivity contribution in [2.24, 2.45) is 0 Å². The Labute approximate surface area is 99.8 Å². The molecule has 0 unspecified atom stereocenters. The van der Waals surface area contributed by atoms with Crippen LogP contribution in [0.25, 0.3) is 10.9 Å². The molecule has 0 bridgehead atoms. The van der Waals surface area contributed by atoms with E-state index in [4.69, 9.17) is 0 Å². The fourth-order valence-electron chi connectivity index (χ4n) is 2.05. The van der Waals surface area contributed by atoms with Crippen LogP contribution in [0.2, 0.25) is 0 Å². The first-order valence-electron chi connectivity index (χ1n) is 5.36. The Morgan fingerprint density at radius 1 is 1.35 bits per heavy atom. The van der Waals surface area contributed by atoms with E-state index in [1.165, 1.54) is 6.07 Å². The molecular weight excluding hydrogens is 241 g/mol. The maximum absolute atomic E-state index is 13.8. The van der Waals surface area contributed by atoms with Gasteiger partial charge in [-0.1, -0.05) is 6.07 Å². The van der Waals surface area contributed by atoms with Crippen LogP contribution in [-0.4, -0.2) is 19.2 Å². The molecule has 0 amide bonds. The van der Waals surface area contributed by atoms with E-state index in [1.54, 1.807) is 18.3 Å². The summed E-state index contributed by atoms with van der Waals surface area (Å²) in [5.41, 5.74) is 1.27. The lowest BCUT2D eigenvalue weighted by Gasteiger charge is -1.99. The number of fused-ring (bicyclic) bond motifs is 1. The summed E-state index contributed by atoms with van der Waals surface area (Å²) >= 11 is 0. The van der Waals surface area contributed by atoms with E-state index in [-0.39, 0.29) is 11.6 Å². The van der Waals surface area contributed by atoms with Crippen molar-refractivity contribution >= 4 is 20.7 Å². The van der Waals surface area contributed by atoms with Gasteiger partial charge in [0, 0.05) is 24.4 Å². The Hall–Kier alpha value is -1.36. The monoisotopic (exact) mass is 255 g/mol. The minimum Gasteiger partial charge on any atom is -0.347 e. The number of sulfone groups is 1. The SMILES string of the molecule is CCn1cc(CS(C)(=O)=O)c2c(F)cccc21. The Bertz CT molecular complexity index is 658. The molecule has 1 aromatic heterocycles. The zero-order valence-electron chi connectivity index (χ0n) is 9.77. The summed E-state index contributed by atoms with van der Waals surface area (Å²) in [7, 11) is -3.16. The van der Waals surface area contributed by atoms with E-state index in [0.717, 1.165) is 11.8 Å². The maximum atomic E-state index is 13.8. The molecule has 2 rings (SSSR count). The topological polar surface area (TPSA) is 39.1 Å². The lowest BCUT2D eigenvalue weighted by atomic mass is 10.2. The van der Waals surface area contributed by atoms with Crippen LogP contribution in [0.15, 0.2) is 24.4 Å². The summed E-state index contributed by atoms with van der Waals surface area (Å²) in [4.78, 5) is 0. The molecule has 0 radical (unpaired) electrons. The largest absolute Gasteiger partial charge is 0.347 e. The molecule has 3 nitrogen and oxygen atoms in total. The number of benzene rings is 1. The van der Waals surface area contributed by atoms with Crippen molar-refractivity contribution in [3.63, 3.8) is 0 Å². The molecule has 0 N–H and O–H groups in total. The van der Waals surface area contributed by atoms with Crippen molar-refractivity contribution in [3.05, 3.63) is 35.8 Å². The molecule has 0 atom stereocenters. The van der Waals surface area contributed by atoms with Gasteiger partial charge in [0.25, 0.3) is 0 Å². The zero-order chi connectivity index (χ0) is 12.6. The molecule has 1 heterocycles. The van der Waals surface area contributed by atoms with Crippen LogP contribution >= 0.6 is 0 Å². The second-order valence-electron chi connectivity index (χ2n) is 4.14. The molecule has 0 saturated heterocycles. The Balaban J connectivity index is 2.71. The van der Waals surface area contributed by atoms with Crippen LogP contribution in [0.5, 0.6) is 0 Å². The summed E-state index contributed by atoms with van der Waals surface area (Å²) < 4.78 is 38.3. The molecule has 0 saturated carbocycles. The number of nitrogens with zero attached hydrogens (tertiary/aromatic N) is 1. The van der Waals surface area contributed by atoms with E-state index in [0.29, 0.717) is 17.5 Å². The number of aromatic nitrogens is 1. The first kappa shape index (κ1) is 12.1. The molecule has 5 heteroatoms. The highest BCUT2D eigenvalue weighted by Gasteiger charge is 2.15. The van der Waals surface area contributed by atoms with Crippen LogP contribution in [0.4, 0.5) is 4.39 Å². The normalized spacial score (nSPS) is 12.2. The van der Waals surface area contributed by atoms with Crippen LogP contribution in [0, 0.1) is 5.82 Å². The van der Waals surface area contributed by atoms with E-state index < -0.39 is 9.84 Å². The van der Waals surface area contributed by atoms with Gasteiger partial charge in [0.2, 0.25) is 0 Å². The third-order valence-electron chi connectivity index (χ3n) is 2.69. The minimum atomic E-state index is -3.16. The van der Waals surface area contributed by atoms with Crippen molar-refractivity contribution in [3.8, 4) is 0 Å². The summed E-state index contributed by atoms with van der Waals surface area (Å²) in [6, 6.07) is 4.79. The third kappa shape index (κ3) is 2.34. The summed E-state index contributed by atoms with van der Waals surface area (Å²) in [5, 5.41) is 0.416. The molecule has 1 aromatic carbocycles. The zero-order valence-corrected chi connectivity index (χ0v) is 10.6. The Morgan fingerprint density at radius 3 is 2.65 bits per heavy atom. The van der Waals surface area contributed by atoms with Gasteiger partial charge in [-0.2, -0.15) is 0 Å². The van der Waals surface area contributed by atoms with Crippen LogP contribution in [0.1, 0.15) is 12.5 Å². The molecular formula is C12H14FNO2S. The average Bonchev–Trinajstić information content (AvgIpc) is 2.55. The highest BCUT2D eigenvalue weighted by atomic mass is 32.2. The van der Waals surface area contributed by atoms with Crippen molar-refractivity contribution in [1.29, 1.82) is 0 Å². The van der Waals surface area contributed by atoms with Gasteiger partial charge in [0.15, 0.2) is 9.84 Å². The number of halogens is 1. The molecule has 92 valence electrons. The van der Waals surface area contributed by atoms with E-state index in [9.17, 15) is 12.8 Å². The molecule has 0 spiro atoms. The Morgan fingerprint density at radius 2 is 2.06 bits per heavy atom. The average molecular weight is 255 g/mol. The van der Waals surface area contributed by atoms with Gasteiger partial charge in [-0.15, -0.1) is 0 Å². The van der Waals surface area contributed by atoms with Crippen LogP contribution < -0.4 is 0 Å². The van der Waals surface area contributed by atoms with Gasteiger partial charge < -0.3 is 4.57 Å². The molecule has 0 aliphatic carbocycles. The van der Waals surface area contributed by atoms with Crippen molar-refractivity contribution < 1.29 is 12.8 Å². The standard InChI is InChI=1S/C12H14FNO2S/c1-3-14-7-9(8-17(2,15)16)12-10(13)5-4-6-11(12)14/h4-7H,3,8H2,1-2H3. The van der Waals surface area contributed by atoms with Gasteiger partial charge >= 0.3 is 0 Å². The van der Waals surface area contributed by atoms with Crippen LogP contribution in [-0.2, 0) is 22.1 Å². The van der Waals surface area contributed by atoms with E-state index >= 15 is 0 Å². The van der Waals surface area contributed by atoms with E-state index in [2.05, 4.69) is 0 Å². The molecule has 2 aromatic rings. The van der Waals surface area contributed by atoms with Gasteiger partial charge in [-0.25, -0.2) is 12.8 Å². The predicted molar refractivity (Wildman–Crippen MR) is 66.1 cm³/mol. The molecule has 0 fully saturated rings. The highest BCUT2D eigenvalue weighted by Crippen LogP contribution is 2.25. The number of rotatable bonds is 3. The molecule has 0 aliphatic heterocycles. The van der Waals surface area contributed by atoms with E-state index in [1.807, 2.05) is 11.5 Å². The first-order chi connectivity index (χ1) is 7.92. The second kappa shape index (κ2) is 4.14. The van der Waals surface area contributed by atoms with Gasteiger partial charge in [-0.3, -0.25) is 0 Å². The van der Waals surface area contributed by atoms with Crippen molar-refractivity contribution in [1.82, 2.24) is 4.57 Å². The van der Waals surface area contributed by atoms with Crippen molar-refractivity contribution in [2.45, 2.75) is 19.2 Å². The fourth-order valence-corrected chi connectivity index (χ4v) is 2.83.